The van der Waals surface area contributed by atoms with Crippen LogP contribution in [0.5, 0.6) is 0 Å². The Morgan fingerprint density at radius 1 is 1.12 bits per heavy atom. The lowest BCUT2D eigenvalue weighted by molar-refractivity contribution is -0.329. The van der Waals surface area contributed by atoms with Crippen LogP contribution >= 0.6 is 0 Å². The molecule has 0 amide bonds. The van der Waals surface area contributed by atoms with Crippen molar-refractivity contribution in [2.24, 2.45) is 41.2 Å². The highest BCUT2D eigenvalue weighted by molar-refractivity contribution is 5.87. The molecular weight excluding hydrogens is 618 g/mol. The van der Waals surface area contributed by atoms with E-state index in [1.807, 2.05) is 60.6 Å². The van der Waals surface area contributed by atoms with Gasteiger partial charge in [0.25, 0.3) is 0 Å². The first-order valence-electron chi connectivity index (χ1n) is 17.1. The Morgan fingerprint density at radius 3 is 2.33 bits per heavy atom. The molecule has 2 aliphatic rings. The van der Waals surface area contributed by atoms with Gasteiger partial charge in [-0.1, -0.05) is 83.9 Å². The molecule has 0 aromatic carbocycles. The summed E-state index contributed by atoms with van der Waals surface area (Å²) in [6.45, 7) is 16.6. The average molecular weight is 680 g/mol. The van der Waals surface area contributed by atoms with Crippen LogP contribution in [0.25, 0.3) is 0 Å². The van der Waals surface area contributed by atoms with Crippen LogP contribution < -0.4 is 5.73 Å². The van der Waals surface area contributed by atoms with E-state index in [2.05, 4.69) is 0 Å². The monoisotopic (exact) mass is 679 g/mol. The maximum Gasteiger partial charge on any atom is 0.373 e. The minimum atomic E-state index is -1.88. The molecule has 0 aromatic rings. The van der Waals surface area contributed by atoms with Crippen molar-refractivity contribution in [3.8, 4) is 0 Å². The van der Waals surface area contributed by atoms with Gasteiger partial charge in [-0.05, 0) is 38.2 Å². The van der Waals surface area contributed by atoms with E-state index >= 15 is 0 Å². The first kappa shape index (κ1) is 41.6. The maximum absolute atomic E-state index is 13.6. The topological polar surface area (TPSA) is 167 Å². The van der Waals surface area contributed by atoms with E-state index in [0.29, 0.717) is 12.0 Å². The molecule has 2 aliphatic heterocycles. The molecule has 1 fully saturated rings. The van der Waals surface area contributed by atoms with Gasteiger partial charge in [-0.3, -0.25) is 4.79 Å². The minimum absolute atomic E-state index is 0.0235. The number of rotatable bonds is 9. The molecule has 274 valence electrons. The quantitative estimate of drug-likeness (QED) is 0.258. The summed E-state index contributed by atoms with van der Waals surface area (Å²) >= 11 is 0. The molecule has 0 bridgehead atoms. The fourth-order valence-electron chi connectivity index (χ4n) is 6.89. The first-order valence-corrected chi connectivity index (χ1v) is 17.1. The van der Waals surface area contributed by atoms with Gasteiger partial charge in [0.2, 0.25) is 5.76 Å². The van der Waals surface area contributed by atoms with Crippen LogP contribution in [0.2, 0.25) is 0 Å². The fourth-order valence-corrected chi connectivity index (χ4v) is 6.89. The molecule has 0 radical (unpaired) electrons. The summed E-state index contributed by atoms with van der Waals surface area (Å²) in [6.07, 6.45) is 4.63. The molecule has 0 aromatic heterocycles. The van der Waals surface area contributed by atoms with Gasteiger partial charge in [0, 0.05) is 37.2 Å². The molecule has 0 aliphatic carbocycles. The Morgan fingerprint density at radius 2 is 1.77 bits per heavy atom. The van der Waals surface area contributed by atoms with E-state index in [1.165, 1.54) is 14.2 Å². The number of aliphatic hydroxyl groups excluding tert-OH is 2. The van der Waals surface area contributed by atoms with E-state index in [1.54, 1.807) is 32.1 Å². The van der Waals surface area contributed by atoms with Crippen molar-refractivity contribution in [1.82, 2.24) is 0 Å². The fraction of sp³-hybridized carbons (Fsp3) is 0.730. The SMILES string of the molecule is CO/C1=C\C(C)=C\C(C)[C@H](O)[C@H](C)C/C(C)=C/C=C/[C@@H](OC)C([C@@H](C)[C@@H](O)[C@H](C)[C@]2(O)CC(OC(=O)CN)C(C)[C@@H](C(C)C)O2)OC1=O. The highest BCUT2D eigenvalue weighted by Crippen LogP contribution is 2.42. The predicted octanol–water partition coefficient (Wildman–Crippen LogP) is 4.20. The number of hydrogen-bond acceptors (Lipinski definition) is 11. The molecular formula is C37H61NO10. The summed E-state index contributed by atoms with van der Waals surface area (Å²) in [7, 11) is 2.85. The van der Waals surface area contributed by atoms with Crippen LogP contribution in [0, 0.1) is 35.5 Å². The molecule has 5 N–H and O–H groups in total. The van der Waals surface area contributed by atoms with Crippen LogP contribution in [-0.2, 0) is 33.3 Å². The number of carbonyl (C=O) groups excluding carboxylic acids is 2. The van der Waals surface area contributed by atoms with E-state index in [-0.39, 0.29) is 42.4 Å². The number of methoxy groups -OCH3 is 2. The highest BCUT2D eigenvalue weighted by atomic mass is 16.6. The lowest BCUT2D eigenvalue weighted by Crippen LogP contribution is -2.60. The molecule has 12 atom stereocenters. The number of allylic oxidation sites excluding steroid dienone is 5. The summed E-state index contributed by atoms with van der Waals surface area (Å²) in [5.41, 5.74) is 7.26. The molecule has 11 nitrogen and oxygen atoms in total. The normalized spacial score (nSPS) is 38.6. The number of hydrogen-bond donors (Lipinski definition) is 4. The lowest BCUT2D eigenvalue weighted by atomic mass is 9.76. The third-order valence-electron chi connectivity index (χ3n) is 9.92. The molecule has 1 saturated heterocycles. The van der Waals surface area contributed by atoms with Gasteiger partial charge in [-0.15, -0.1) is 0 Å². The van der Waals surface area contributed by atoms with Crippen LogP contribution in [0.15, 0.2) is 47.3 Å². The van der Waals surface area contributed by atoms with Crippen molar-refractivity contribution in [3.05, 3.63) is 47.3 Å². The second-order valence-corrected chi connectivity index (χ2v) is 14.2. The van der Waals surface area contributed by atoms with E-state index in [4.69, 9.17) is 29.4 Å². The average Bonchev–Trinajstić information content (AvgIpc) is 3.03. The number of carbonyl (C=O) groups is 2. The summed E-state index contributed by atoms with van der Waals surface area (Å²) in [5, 5.41) is 34.8. The Bertz CT molecular complexity index is 1190. The molecule has 48 heavy (non-hydrogen) atoms. The van der Waals surface area contributed by atoms with Crippen LogP contribution in [0.1, 0.15) is 75.2 Å². The third-order valence-corrected chi connectivity index (χ3v) is 9.92. The van der Waals surface area contributed by atoms with E-state index < -0.39 is 66.2 Å². The summed E-state index contributed by atoms with van der Waals surface area (Å²) in [5.74, 6) is -5.49. The van der Waals surface area contributed by atoms with Crippen molar-refractivity contribution in [3.63, 3.8) is 0 Å². The maximum atomic E-state index is 13.6. The van der Waals surface area contributed by atoms with Gasteiger partial charge in [0.05, 0.1) is 32.0 Å². The number of nitrogens with two attached hydrogens (primary N) is 1. The van der Waals surface area contributed by atoms with Crippen molar-refractivity contribution >= 4 is 11.9 Å². The summed E-state index contributed by atoms with van der Waals surface area (Å²) in [6, 6.07) is 0. The minimum Gasteiger partial charge on any atom is -0.490 e. The Labute approximate surface area is 287 Å². The van der Waals surface area contributed by atoms with Crippen molar-refractivity contribution in [1.29, 1.82) is 0 Å². The Kier molecular flexibility index (Phi) is 16.0. The standard InChI is InChI=1S/C37H61NO10/c1-20(2)34-25(7)30(46-31(39)19-38)18-37(43,48-34)27(9)33(41)26(8)35-28(44-10)14-12-13-21(3)15-23(5)32(40)24(6)16-22(4)17-29(45-11)36(42)47-35/h12-14,16-17,20,23-28,30,32-35,40-41,43H,15,18-19,38H2,1-11H3/b14-12+,21-13+,22-16+,29-17-/t23-,24?,25?,26+,27+,28-,30?,32-,33-,34-,35?,37+/m1/s1. The van der Waals surface area contributed by atoms with Crippen molar-refractivity contribution < 1.29 is 48.6 Å². The molecule has 4 unspecified atom stereocenters. The van der Waals surface area contributed by atoms with Gasteiger partial charge in [-0.2, -0.15) is 0 Å². The zero-order chi connectivity index (χ0) is 36.5. The predicted molar refractivity (Wildman–Crippen MR) is 183 cm³/mol. The highest BCUT2D eigenvalue weighted by Gasteiger charge is 2.53. The zero-order valence-electron chi connectivity index (χ0n) is 30.7. The smallest absolute Gasteiger partial charge is 0.373 e. The zero-order valence-corrected chi connectivity index (χ0v) is 30.7. The Balaban J connectivity index is 2.55. The van der Waals surface area contributed by atoms with Gasteiger partial charge >= 0.3 is 11.9 Å². The van der Waals surface area contributed by atoms with Crippen molar-refractivity contribution in [2.75, 3.05) is 20.8 Å². The van der Waals surface area contributed by atoms with Crippen LogP contribution in [-0.4, -0.2) is 90.4 Å². The number of ether oxygens (including phenoxy) is 5. The molecule has 0 spiro atoms. The number of esters is 2. The first-order chi connectivity index (χ1) is 22.4. The van der Waals surface area contributed by atoms with E-state index in [9.17, 15) is 24.9 Å². The second kappa shape index (κ2) is 18.5. The summed E-state index contributed by atoms with van der Waals surface area (Å²) in [4.78, 5) is 25.8. The van der Waals surface area contributed by atoms with Crippen LogP contribution in [0.3, 0.4) is 0 Å². The number of cyclic esters (lactones) is 1. The lowest BCUT2D eigenvalue weighted by Gasteiger charge is -2.50. The van der Waals surface area contributed by atoms with E-state index in [0.717, 1.165) is 5.57 Å². The van der Waals surface area contributed by atoms with Gasteiger partial charge in [0.1, 0.15) is 18.3 Å². The van der Waals surface area contributed by atoms with Gasteiger partial charge < -0.3 is 44.7 Å². The molecule has 11 heteroatoms. The molecule has 0 saturated carbocycles. The second-order valence-electron chi connectivity index (χ2n) is 14.2. The van der Waals surface area contributed by atoms with Crippen LogP contribution in [0.4, 0.5) is 0 Å². The van der Waals surface area contributed by atoms with Gasteiger partial charge in [0.15, 0.2) is 5.79 Å². The summed E-state index contributed by atoms with van der Waals surface area (Å²) < 4.78 is 29.2. The largest absolute Gasteiger partial charge is 0.490 e. The molecule has 2 rings (SSSR count). The van der Waals surface area contributed by atoms with Gasteiger partial charge in [-0.25, -0.2) is 4.79 Å². The van der Waals surface area contributed by atoms with Crippen molar-refractivity contribution in [2.45, 2.75) is 118 Å². The Hall–Kier alpha value is -2.54. The third kappa shape index (κ3) is 10.7. The number of aliphatic hydroxyl groups is 3. The molecule has 2 heterocycles.